The average Bonchev–Trinajstić information content (AvgIpc) is 2.67. The SMILES string of the molecule is CC(=O)Oc1ccc([C@@H]2Oc3cc(OC(C)=O)cc(OC(C)=O)c3C[C@@H]2OC(C)=O)cc1. The van der Waals surface area contributed by atoms with E-state index in [2.05, 4.69) is 0 Å². The van der Waals surface area contributed by atoms with Crippen molar-refractivity contribution in [3.8, 4) is 23.0 Å². The van der Waals surface area contributed by atoms with Crippen LogP contribution in [0.1, 0.15) is 44.9 Å². The van der Waals surface area contributed by atoms with E-state index in [1.54, 1.807) is 24.3 Å². The van der Waals surface area contributed by atoms with Gasteiger partial charge in [0.05, 0.1) is 0 Å². The highest BCUT2D eigenvalue weighted by Gasteiger charge is 2.36. The average molecular weight is 442 g/mol. The summed E-state index contributed by atoms with van der Waals surface area (Å²) in [5.74, 6) is -1.12. The zero-order valence-corrected chi connectivity index (χ0v) is 18.0. The summed E-state index contributed by atoms with van der Waals surface area (Å²) in [5, 5.41) is 0. The number of rotatable bonds is 5. The van der Waals surface area contributed by atoms with Crippen molar-refractivity contribution >= 4 is 23.9 Å². The first-order valence-electron chi connectivity index (χ1n) is 9.78. The molecule has 0 N–H and O–H groups in total. The molecule has 1 aliphatic rings. The highest BCUT2D eigenvalue weighted by Crippen LogP contribution is 2.44. The van der Waals surface area contributed by atoms with Gasteiger partial charge in [-0.25, -0.2) is 0 Å². The molecule has 1 heterocycles. The summed E-state index contributed by atoms with van der Waals surface area (Å²) in [6.45, 7) is 5.07. The molecule has 9 nitrogen and oxygen atoms in total. The first kappa shape index (κ1) is 22.8. The van der Waals surface area contributed by atoms with Gasteiger partial charge in [-0.05, 0) is 17.7 Å². The van der Waals surface area contributed by atoms with Gasteiger partial charge in [0.25, 0.3) is 0 Å². The Bertz CT molecular complexity index is 1060. The molecular formula is C23H22O9. The van der Waals surface area contributed by atoms with Gasteiger partial charge in [0, 0.05) is 51.8 Å². The van der Waals surface area contributed by atoms with Crippen molar-refractivity contribution < 1.29 is 42.9 Å². The van der Waals surface area contributed by atoms with Gasteiger partial charge in [0.1, 0.15) is 29.1 Å². The molecule has 0 saturated carbocycles. The first-order chi connectivity index (χ1) is 15.1. The highest BCUT2D eigenvalue weighted by atomic mass is 16.6. The Morgan fingerprint density at radius 2 is 1.38 bits per heavy atom. The second kappa shape index (κ2) is 9.51. The Kier molecular flexibility index (Phi) is 6.77. The molecular weight excluding hydrogens is 420 g/mol. The van der Waals surface area contributed by atoms with Crippen LogP contribution in [-0.4, -0.2) is 30.0 Å². The number of carbonyl (C=O) groups excluding carboxylic acids is 4. The Morgan fingerprint density at radius 1 is 0.781 bits per heavy atom. The van der Waals surface area contributed by atoms with E-state index in [9.17, 15) is 19.2 Å². The van der Waals surface area contributed by atoms with Crippen LogP contribution in [0.3, 0.4) is 0 Å². The molecule has 0 saturated heterocycles. The maximum atomic E-state index is 11.7. The fourth-order valence-corrected chi connectivity index (χ4v) is 3.38. The van der Waals surface area contributed by atoms with Crippen LogP contribution in [-0.2, 0) is 30.3 Å². The molecule has 0 aliphatic carbocycles. The lowest BCUT2D eigenvalue weighted by molar-refractivity contribution is -0.152. The summed E-state index contributed by atoms with van der Waals surface area (Å²) >= 11 is 0. The Hall–Kier alpha value is -3.88. The third-order valence-electron chi connectivity index (χ3n) is 4.44. The number of esters is 4. The summed E-state index contributed by atoms with van der Waals surface area (Å²) < 4.78 is 27.1. The number of hydrogen-bond acceptors (Lipinski definition) is 9. The topological polar surface area (TPSA) is 114 Å². The predicted molar refractivity (Wildman–Crippen MR) is 109 cm³/mol. The molecule has 32 heavy (non-hydrogen) atoms. The van der Waals surface area contributed by atoms with Crippen LogP contribution in [0, 0.1) is 0 Å². The predicted octanol–water partition coefficient (Wildman–Crippen LogP) is 3.07. The van der Waals surface area contributed by atoms with Crippen LogP contribution >= 0.6 is 0 Å². The lowest BCUT2D eigenvalue weighted by Crippen LogP contribution is -2.34. The van der Waals surface area contributed by atoms with Gasteiger partial charge in [0.2, 0.25) is 0 Å². The Labute approximate surface area is 184 Å². The molecule has 168 valence electrons. The van der Waals surface area contributed by atoms with E-state index in [4.69, 9.17) is 23.7 Å². The lowest BCUT2D eigenvalue weighted by atomic mass is 9.93. The lowest BCUT2D eigenvalue weighted by Gasteiger charge is -2.34. The van der Waals surface area contributed by atoms with Crippen LogP contribution in [0.5, 0.6) is 23.0 Å². The van der Waals surface area contributed by atoms with E-state index in [1.165, 1.54) is 39.8 Å². The van der Waals surface area contributed by atoms with Gasteiger partial charge >= 0.3 is 23.9 Å². The molecule has 0 bridgehead atoms. The van der Waals surface area contributed by atoms with Crippen molar-refractivity contribution in [2.24, 2.45) is 0 Å². The van der Waals surface area contributed by atoms with Crippen molar-refractivity contribution in [3.63, 3.8) is 0 Å². The van der Waals surface area contributed by atoms with Crippen molar-refractivity contribution in [2.75, 3.05) is 0 Å². The molecule has 9 heteroatoms. The van der Waals surface area contributed by atoms with Gasteiger partial charge < -0.3 is 23.7 Å². The van der Waals surface area contributed by atoms with Crippen LogP contribution in [0.15, 0.2) is 36.4 Å². The van der Waals surface area contributed by atoms with Crippen molar-refractivity contribution in [1.82, 2.24) is 0 Å². The maximum absolute atomic E-state index is 11.7. The fourth-order valence-electron chi connectivity index (χ4n) is 3.38. The minimum atomic E-state index is -0.728. The molecule has 0 unspecified atom stereocenters. The number of hydrogen-bond donors (Lipinski definition) is 0. The molecule has 0 amide bonds. The van der Waals surface area contributed by atoms with Crippen LogP contribution < -0.4 is 18.9 Å². The van der Waals surface area contributed by atoms with Crippen LogP contribution in [0.25, 0.3) is 0 Å². The number of benzene rings is 2. The summed E-state index contributed by atoms with van der Waals surface area (Å²) in [6.07, 6.45) is -1.25. The first-order valence-corrected chi connectivity index (χ1v) is 9.78. The zero-order valence-electron chi connectivity index (χ0n) is 18.0. The van der Waals surface area contributed by atoms with Crippen molar-refractivity contribution in [3.05, 3.63) is 47.5 Å². The van der Waals surface area contributed by atoms with E-state index in [-0.39, 0.29) is 17.9 Å². The standard InChI is InChI=1S/C23H22O9/c1-12(24)28-17-7-5-16(6-8-17)23-22(31-15(4)27)11-19-20(30-14(3)26)9-18(29-13(2)25)10-21(19)32-23/h5-10,22-23H,11H2,1-4H3/t22-,23-/m0/s1. The Balaban J connectivity index is 2.02. The third-order valence-corrected chi connectivity index (χ3v) is 4.44. The number of carbonyl (C=O) groups is 4. The molecule has 2 aromatic rings. The second-order valence-corrected chi connectivity index (χ2v) is 7.14. The fraction of sp³-hybridized carbons (Fsp3) is 0.304. The van der Waals surface area contributed by atoms with Gasteiger partial charge in [-0.3, -0.25) is 19.2 Å². The second-order valence-electron chi connectivity index (χ2n) is 7.14. The van der Waals surface area contributed by atoms with Crippen molar-refractivity contribution in [1.29, 1.82) is 0 Å². The van der Waals surface area contributed by atoms with Gasteiger partial charge in [-0.1, -0.05) is 12.1 Å². The summed E-state index contributed by atoms with van der Waals surface area (Å²) in [6, 6.07) is 9.48. The molecule has 2 aromatic carbocycles. The molecule has 0 aromatic heterocycles. The minimum Gasteiger partial charge on any atom is -0.481 e. The molecule has 0 spiro atoms. The van der Waals surface area contributed by atoms with Crippen LogP contribution in [0.2, 0.25) is 0 Å². The van der Waals surface area contributed by atoms with E-state index < -0.39 is 36.1 Å². The minimum absolute atomic E-state index is 0.141. The zero-order chi connectivity index (χ0) is 23.4. The summed E-state index contributed by atoms with van der Waals surface area (Å²) in [5.41, 5.74) is 1.15. The molecule has 0 radical (unpaired) electrons. The van der Waals surface area contributed by atoms with E-state index >= 15 is 0 Å². The smallest absolute Gasteiger partial charge is 0.308 e. The number of fused-ring (bicyclic) bond motifs is 1. The van der Waals surface area contributed by atoms with E-state index in [0.29, 0.717) is 22.6 Å². The maximum Gasteiger partial charge on any atom is 0.308 e. The van der Waals surface area contributed by atoms with Crippen molar-refractivity contribution in [2.45, 2.75) is 46.3 Å². The highest BCUT2D eigenvalue weighted by molar-refractivity contribution is 5.73. The quantitative estimate of drug-likeness (QED) is 0.509. The molecule has 2 atom stereocenters. The summed E-state index contributed by atoms with van der Waals surface area (Å²) in [4.78, 5) is 45.9. The van der Waals surface area contributed by atoms with Gasteiger partial charge in [0.15, 0.2) is 6.10 Å². The molecule has 3 rings (SSSR count). The van der Waals surface area contributed by atoms with Gasteiger partial charge in [-0.15, -0.1) is 0 Å². The monoisotopic (exact) mass is 442 g/mol. The molecule has 1 aliphatic heterocycles. The third kappa shape index (κ3) is 5.63. The molecule has 0 fully saturated rings. The van der Waals surface area contributed by atoms with Gasteiger partial charge in [-0.2, -0.15) is 0 Å². The Morgan fingerprint density at radius 3 is 1.94 bits per heavy atom. The van der Waals surface area contributed by atoms with E-state index in [0.717, 1.165) is 0 Å². The normalized spacial score (nSPS) is 16.8. The van der Waals surface area contributed by atoms with E-state index in [1.807, 2.05) is 0 Å². The number of ether oxygens (including phenoxy) is 5. The summed E-state index contributed by atoms with van der Waals surface area (Å²) in [7, 11) is 0. The largest absolute Gasteiger partial charge is 0.481 e. The van der Waals surface area contributed by atoms with Crippen LogP contribution in [0.4, 0.5) is 0 Å².